The van der Waals surface area contributed by atoms with Crippen molar-refractivity contribution in [2.45, 2.75) is 13.8 Å². The van der Waals surface area contributed by atoms with E-state index in [4.69, 9.17) is 0 Å². The number of aromatic amines is 1. The largest absolute Gasteiger partial charge is 0.354 e. The highest BCUT2D eigenvalue weighted by Gasteiger charge is 2.15. The summed E-state index contributed by atoms with van der Waals surface area (Å²) in [5, 5.41) is 1.03. The third-order valence-electron chi connectivity index (χ3n) is 4.81. The van der Waals surface area contributed by atoms with Gasteiger partial charge in [-0.05, 0) is 41.7 Å². The molecule has 0 aliphatic rings. The molecule has 0 amide bonds. The Hall–Kier alpha value is -3.13. The maximum atomic E-state index is 11.8. The standard InChI is InChI=1S/C23H19NO/c1-15-8-9-16(2)22-21(15)20(14-25)23(24-22)19-12-10-18(11-13-19)17-6-4-3-5-7-17/h3-14,24H,1-2H3. The fourth-order valence-corrected chi connectivity index (χ4v) is 3.44. The molecule has 0 atom stereocenters. The average molecular weight is 325 g/mol. The summed E-state index contributed by atoms with van der Waals surface area (Å²) >= 11 is 0. The lowest BCUT2D eigenvalue weighted by molar-refractivity contribution is 0.112. The first-order chi connectivity index (χ1) is 12.2. The molecule has 1 heterocycles. The normalized spacial score (nSPS) is 11.0. The summed E-state index contributed by atoms with van der Waals surface area (Å²) < 4.78 is 0. The number of aryl methyl sites for hydroxylation is 2. The summed E-state index contributed by atoms with van der Waals surface area (Å²) in [6, 6.07) is 22.8. The van der Waals surface area contributed by atoms with E-state index in [-0.39, 0.29) is 0 Å². The second-order valence-electron chi connectivity index (χ2n) is 6.42. The van der Waals surface area contributed by atoms with E-state index in [1.807, 2.05) is 25.1 Å². The molecule has 25 heavy (non-hydrogen) atoms. The van der Waals surface area contributed by atoms with Gasteiger partial charge in [-0.15, -0.1) is 0 Å². The molecule has 2 heteroatoms. The number of rotatable bonds is 3. The van der Waals surface area contributed by atoms with Gasteiger partial charge in [-0.25, -0.2) is 0 Å². The average Bonchev–Trinajstić information content (AvgIpc) is 3.06. The van der Waals surface area contributed by atoms with E-state index >= 15 is 0 Å². The van der Waals surface area contributed by atoms with Gasteiger partial charge in [0.05, 0.1) is 5.69 Å². The molecule has 0 saturated carbocycles. The van der Waals surface area contributed by atoms with E-state index in [2.05, 4.69) is 60.4 Å². The lowest BCUT2D eigenvalue weighted by Gasteiger charge is -2.04. The first kappa shape index (κ1) is 15.4. The quantitative estimate of drug-likeness (QED) is 0.465. The van der Waals surface area contributed by atoms with E-state index in [9.17, 15) is 4.79 Å². The molecule has 0 aliphatic carbocycles. The van der Waals surface area contributed by atoms with Gasteiger partial charge in [-0.2, -0.15) is 0 Å². The summed E-state index contributed by atoms with van der Waals surface area (Å²) in [4.78, 5) is 15.3. The maximum absolute atomic E-state index is 11.8. The summed E-state index contributed by atoms with van der Waals surface area (Å²) in [6.45, 7) is 4.11. The van der Waals surface area contributed by atoms with Crippen molar-refractivity contribution in [3.05, 3.63) is 83.4 Å². The fraction of sp³-hybridized carbons (Fsp3) is 0.0870. The van der Waals surface area contributed by atoms with Gasteiger partial charge in [0, 0.05) is 16.5 Å². The Morgan fingerprint density at radius 2 is 1.32 bits per heavy atom. The molecule has 0 aliphatic heterocycles. The van der Waals surface area contributed by atoms with Crippen LogP contribution in [-0.2, 0) is 0 Å². The highest BCUT2D eigenvalue weighted by Crippen LogP contribution is 2.33. The summed E-state index contributed by atoms with van der Waals surface area (Å²) in [6.07, 6.45) is 0.964. The molecule has 0 fully saturated rings. The zero-order valence-electron chi connectivity index (χ0n) is 14.3. The number of H-pyrrole nitrogens is 1. The van der Waals surface area contributed by atoms with Gasteiger partial charge < -0.3 is 4.98 Å². The Bertz CT molecular complexity index is 1060. The van der Waals surface area contributed by atoms with Crippen LogP contribution in [0.1, 0.15) is 21.5 Å². The summed E-state index contributed by atoms with van der Waals surface area (Å²) in [5.74, 6) is 0. The number of hydrogen-bond donors (Lipinski definition) is 1. The van der Waals surface area contributed by atoms with Crippen LogP contribution in [0.4, 0.5) is 0 Å². The Morgan fingerprint density at radius 3 is 2.00 bits per heavy atom. The van der Waals surface area contributed by atoms with Crippen LogP contribution in [0.5, 0.6) is 0 Å². The zero-order chi connectivity index (χ0) is 17.4. The van der Waals surface area contributed by atoms with Crippen molar-refractivity contribution in [3.63, 3.8) is 0 Å². The van der Waals surface area contributed by atoms with E-state index in [0.717, 1.165) is 45.1 Å². The third kappa shape index (κ3) is 2.56. The molecule has 1 N–H and O–H groups in total. The highest BCUT2D eigenvalue weighted by molar-refractivity contribution is 6.06. The first-order valence-corrected chi connectivity index (χ1v) is 8.42. The minimum atomic E-state index is 0.740. The number of carbonyl (C=O) groups is 1. The number of carbonyl (C=O) groups excluding carboxylic acids is 1. The van der Waals surface area contributed by atoms with Gasteiger partial charge in [0.25, 0.3) is 0 Å². The lowest BCUT2D eigenvalue weighted by Crippen LogP contribution is -1.86. The van der Waals surface area contributed by atoms with E-state index < -0.39 is 0 Å². The molecule has 2 nitrogen and oxygen atoms in total. The fourth-order valence-electron chi connectivity index (χ4n) is 3.44. The molecule has 4 aromatic rings. The zero-order valence-corrected chi connectivity index (χ0v) is 14.3. The van der Waals surface area contributed by atoms with Crippen LogP contribution >= 0.6 is 0 Å². The number of aldehydes is 1. The predicted octanol–water partition coefficient (Wildman–Crippen LogP) is 5.93. The topological polar surface area (TPSA) is 32.9 Å². The van der Waals surface area contributed by atoms with Crippen molar-refractivity contribution < 1.29 is 4.79 Å². The molecule has 4 rings (SSSR count). The minimum absolute atomic E-state index is 0.740. The van der Waals surface area contributed by atoms with E-state index in [0.29, 0.717) is 0 Å². The molecular formula is C23H19NO. The number of benzene rings is 3. The molecule has 122 valence electrons. The molecular weight excluding hydrogens is 306 g/mol. The van der Waals surface area contributed by atoms with Crippen LogP contribution < -0.4 is 0 Å². The van der Waals surface area contributed by atoms with Crippen LogP contribution in [0.15, 0.2) is 66.7 Å². The Labute approximate surface area is 147 Å². The molecule has 3 aromatic carbocycles. The number of aromatic nitrogens is 1. The van der Waals surface area contributed by atoms with Gasteiger partial charge >= 0.3 is 0 Å². The van der Waals surface area contributed by atoms with Crippen molar-refractivity contribution in [3.8, 4) is 22.4 Å². The number of nitrogens with one attached hydrogen (secondary N) is 1. The Morgan fingerprint density at radius 1 is 0.720 bits per heavy atom. The van der Waals surface area contributed by atoms with Crippen LogP contribution in [0.25, 0.3) is 33.3 Å². The van der Waals surface area contributed by atoms with Crippen LogP contribution in [-0.4, -0.2) is 11.3 Å². The van der Waals surface area contributed by atoms with Crippen molar-refractivity contribution in [1.82, 2.24) is 4.98 Å². The molecule has 0 saturated heterocycles. The van der Waals surface area contributed by atoms with Gasteiger partial charge in [0.1, 0.15) is 0 Å². The van der Waals surface area contributed by atoms with Gasteiger partial charge in [-0.3, -0.25) is 4.79 Å². The van der Waals surface area contributed by atoms with Crippen molar-refractivity contribution in [1.29, 1.82) is 0 Å². The molecule has 0 spiro atoms. The van der Waals surface area contributed by atoms with Crippen LogP contribution in [0, 0.1) is 13.8 Å². The lowest BCUT2D eigenvalue weighted by atomic mass is 9.99. The first-order valence-electron chi connectivity index (χ1n) is 8.42. The number of hydrogen-bond acceptors (Lipinski definition) is 1. The SMILES string of the molecule is Cc1ccc(C)c2c(C=O)c(-c3ccc(-c4ccccc4)cc3)[nH]c12. The van der Waals surface area contributed by atoms with Crippen molar-refractivity contribution in [2.24, 2.45) is 0 Å². The van der Waals surface area contributed by atoms with Gasteiger partial charge in [-0.1, -0.05) is 66.7 Å². The maximum Gasteiger partial charge on any atom is 0.152 e. The summed E-state index contributed by atoms with van der Waals surface area (Å²) in [7, 11) is 0. The van der Waals surface area contributed by atoms with Gasteiger partial charge in [0.15, 0.2) is 6.29 Å². The van der Waals surface area contributed by atoms with Crippen molar-refractivity contribution >= 4 is 17.2 Å². The van der Waals surface area contributed by atoms with Crippen LogP contribution in [0.3, 0.4) is 0 Å². The number of fused-ring (bicyclic) bond motifs is 1. The molecule has 0 radical (unpaired) electrons. The Kier molecular flexibility index (Phi) is 3.73. The third-order valence-corrected chi connectivity index (χ3v) is 4.81. The van der Waals surface area contributed by atoms with Crippen molar-refractivity contribution in [2.75, 3.05) is 0 Å². The van der Waals surface area contributed by atoms with Gasteiger partial charge in [0.2, 0.25) is 0 Å². The van der Waals surface area contributed by atoms with E-state index in [1.54, 1.807) is 0 Å². The minimum Gasteiger partial charge on any atom is -0.354 e. The smallest absolute Gasteiger partial charge is 0.152 e. The summed E-state index contributed by atoms with van der Waals surface area (Å²) in [5.41, 5.74) is 8.32. The molecule has 0 unspecified atom stereocenters. The monoisotopic (exact) mass is 325 g/mol. The highest BCUT2D eigenvalue weighted by atomic mass is 16.1. The molecule has 1 aromatic heterocycles. The second kappa shape index (κ2) is 6.06. The van der Waals surface area contributed by atoms with E-state index in [1.165, 1.54) is 11.1 Å². The predicted molar refractivity (Wildman–Crippen MR) is 104 cm³/mol. The molecule has 0 bridgehead atoms. The van der Waals surface area contributed by atoms with Crippen LogP contribution in [0.2, 0.25) is 0 Å². The second-order valence-corrected chi connectivity index (χ2v) is 6.42. The Balaban J connectivity index is 1.86.